The fraction of sp³-hybridized carbons (Fsp3) is 0.667. The van der Waals surface area contributed by atoms with Crippen molar-refractivity contribution in [2.45, 2.75) is 51.5 Å². The van der Waals surface area contributed by atoms with E-state index in [1.807, 2.05) is 0 Å². The van der Waals surface area contributed by atoms with Crippen LogP contribution in [0.4, 0.5) is 0 Å². The quantitative estimate of drug-likeness (QED) is 0.730. The molecule has 1 aliphatic rings. The van der Waals surface area contributed by atoms with E-state index in [0.717, 1.165) is 25.6 Å². The van der Waals surface area contributed by atoms with Crippen molar-refractivity contribution >= 4 is 0 Å². The second-order valence-corrected chi connectivity index (χ2v) is 5.91. The summed E-state index contributed by atoms with van der Waals surface area (Å²) in [6.45, 7) is 6.92. The first-order valence-electron chi connectivity index (χ1n) is 8.39. The molecule has 1 saturated carbocycles. The van der Waals surface area contributed by atoms with Crippen molar-refractivity contribution in [1.82, 2.24) is 10.2 Å². The van der Waals surface area contributed by atoms with Gasteiger partial charge < -0.3 is 5.32 Å². The fourth-order valence-electron chi connectivity index (χ4n) is 3.27. The third-order valence-corrected chi connectivity index (χ3v) is 4.51. The minimum Gasteiger partial charge on any atom is -0.315 e. The summed E-state index contributed by atoms with van der Waals surface area (Å²) in [5.41, 5.74) is 1.43. The first-order valence-corrected chi connectivity index (χ1v) is 8.39. The number of hydrogen-bond acceptors (Lipinski definition) is 2. The van der Waals surface area contributed by atoms with E-state index in [1.165, 1.54) is 50.8 Å². The lowest BCUT2D eigenvalue weighted by Gasteiger charge is -2.33. The predicted molar refractivity (Wildman–Crippen MR) is 87.1 cm³/mol. The van der Waals surface area contributed by atoms with Gasteiger partial charge in [-0.3, -0.25) is 4.90 Å². The molecule has 0 saturated heterocycles. The van der Waals surface area contributed by atoms with E-state index >= 15 is 0 Å². The molecule has 1 aromatic rings. The number of likely N-dealkylation sites (N-methyl/N-ethyl adjacent to an activating group) is 1. The summed E-state index contributed by atoms with van der Waals surface area (Å²) in [7, 11) is 0. The zero-order valence-corrected chi connectivity index (χ0v) is 13.0. The van der Waals surface area contributed by atoms with E-state index < -0.39 is 0 Å². The summed E-state index contributed by atoms with van der Waals surface area (Å²) in [5.74, 6) is 0. The van der Waals surface area contributed by atoms with Crippen LogP contribution in [0.2, 0.25) is 0 Å². The first kappa shape index (κ1) is 15.5. The summed E-state index contributed by atoms with van der Waals surface area (Å²) in [5, 5.41) is 3.60. The van der Waals surface area contributed by atoms with Gasteiger partial charge in [0.2, 0.25) is 0 Å². The molecule has 2 nitrogen and oxygen atoms in total. The SMILES string of the molecule is CCN(CCNCCc1ccccc1)C1CCCCC1. The van der Waals surface area contributed by atoms with Gasteiger partial charge in [-0.1, -0.05) is 56.5 Å². The monoisotopic (exact) mass is 274 g/mol. The van der Waals surface area contributed by atoms with E-state index in [9.17, 15) is 0 Å². The van der Waals surface area contributed by atoms with Crippen LogP contribution in [-0.4, -0.2) is 37.1 Å². The minimum atomic E-state index is 0.852. The van der Waals surface area contributed by atoms with Crippen LogP contribution in [0.5, 0.6) is 0 Å². The molecule has 0 radical (unpaired) electrons. The van der Waals surface area contributed by atoms with Gasteiger partial charge in [0, 0.05) is 19.1 Å². The second kappa shape index (κ2) is 9.15. The zero-order chi connectivity index (χ0) is 14.0. The zero-order valence-electron chi connectivity index (χ0n) is 13.0. The third-order valence-electron chi connectivity index (χ3n) is 4.51. The van der Waals surface area contributed by atoms with Crippen LogP contribution in [0.15, 0.2) is 30.3 Å². The molecule has 0 unspecified atom stereocenters. The summed E-state index contributed by atoms with van der Waals surface area (Å²) in [4.78, 5) is 2.68. The van der Waals surface area contributed by atoms with E-state index in [1.54, 1.807) is 0 Å². The van der Waals surface area contributed by atoms with Gasteiger partial charge in [-0.15, -0.1) is 0 Å². The first-order chi connectivity index (χ1) is 9.90. The lowest BCUT2D eigenvalue weighted by atomic mass is 9.94. The molecule has 112 valence electrons. The summed E-state index contributed by atoms with van der Waals surface area (Å²) >= 11 is 0. The third kappa shape index (κ3) is 5.26. The van der Waals surface area contributed by atoms with Crippen LogP contribution in [0.3, 0.4) is 0 Å². The number of hydrogen-bond donors (Lipinski definition) is 1. The van der Waals surface area contributed by atoms with Crippen LogP contribution in [0.25, 0.3) is 0 Å². The maximum Gasteiger partial charge on any atom is 0.0110 e. The van der Waals surface area contributed by atoms with Crippen LogP contribution in [0, 0.1) is 0 Å². The van der Waals surface area contributed by atoms with Crippen LogP contribution in [-0.2, 0) is 6.42 Å². The molecule has 0 aliphatic heterocycles. The molecule has 2 rings (SSSR count). The van der Waals surface area contributed by atoms with Crippen molar-refractivity contribution in [2.75, 3.05) is 26.2 Å². The highest BCUT2D eigenvalue weighted by Crippen LogP contribution is 2.21. The molecule has 2 heteroatoms. The molecule has 0 bridgehead atoms. The minimum absolute atomic E-state index is 0.852. The van der Waals surface area contributed by atoms with Crippen molar-refractivity contribution < 1.29 is 0 Å². The molecule has 1 aromatic carbocycles. The largest absolute Gasteiger partial charge is 0.315 e. The molecule has 0 aromatic heterocycles. The fourth-order valence-corrected chi connectivity index (χ4v) is 3.27. The van der Waals surface area contributed by atoms with Gasteiger partial charge in [-0.05, 0) is 37.9 Å². The Morgan fingerprint density at radius 3 is 2.50 bits per heavy atom. The van der Waals surface area contributed by atoms with Crippen molar-refractivity contribution in [3.63, 3.8) is 0 Å². The molecule has 20 heavy (non-hydrogen) atoms. The van der Waals surface area contributed by atoms with Crippen LogP contribution in [0.1, 0.15) is 44.6 Å². The van der Waals surface area contributed by atoms with E-state index in [-0.39, 0.29) is 0 Å². The summed E-state index contributed by atoms with van der Waals surface area (Å²) in [6.07, 6.45) is 8.28. The summed E-state index contributed by atoms with van der Waals surface area (Å²) < 4.78 is 0. The second-order valence-electron chi connectivity index (χ2n) is 5.91. The predicted octanol–water partition coefficient (Wildman–Crippen LogP) is 3.47. The van der Waals surface area contributed by atoms with Gasteiger partial charge in [0.15, 0.2) is 0 Å². The maximum absolute atomic E-state index is 3.60. The van der Waals surface area contributed by atoms with Gasteiger partial charge >= 0.3 is 0 Å². The molecule has 0 spiro atoms. The molecule has 1 aliphatic carbocycles. The molecular weight excluding hydrogens is 244 g/mol. The normalized spacial score (nSPS) is 16.7. The van der Waals surface area contributed by atoms with E-state index in [4.69, 9.17) is 0 Å². The lowest BCUT2D eigenvalue weighted by molar-refractivity contribution is 0.164. The standard InChI is InChI=1S/C18H30N2/c1-2-20(18-11-7-4-8-12-18)16-15-19-14-13-17-9-5-3-6-10-17/h3,5-6,9-10,18-19H,2,4,7-8,11-16H2,1H3. The topological polar surface area (TPSA) is 15.3 Å². The maximum atomic E-state index is 3.60. The Kier molecular flexibility index (Phi) is 7.10. The Morgan fingerprint density at radius 1 is 1.05 bits per heavy atom. The van der Waals surface area contributed by atoms with Crippen LogP contribution >= 0.6 is 0 Å². The lowest BCUT2D eigenvalue weighted by Crippen LogP contribution is -2.41. The Bertz CT molecular complexity index is 344. The molecule has 0 heterocycles. The van der Waals surface area contributed by atoms with Crippen LogP contribution < -0.4 is 5.32 Å². The van der Waals surface area contributed by atoms with Crippen molar-refractivity contribution in [3.05, 3.63) is 35.9 Å². The Morgan fingerprint density at radius 2 is 1.80 bits per heavy atom. The average molecular weight is 274 g/mol. The molecular formula is C18H30N2. The Hall–Kier alpha value is -0.860. The average Bonchev–Trinajstić information content (AvgIpc) is 2.53. The smallest absolute Gasteiger partial charge is 0.0110 e. The molecule has 1 fully saturated rings. The van der Waals surface area contributed by atoms with Crippen molar-refractivity contribution in [3.8, 4) is 0 Å². The summed E-state index contributed by atoms with van der Waals surface area (Å²) in [6, 6.07) is 11.6. The molecule has 0 atom stereocenters. The highest BCUT2D eigenvalue weighted by Gasteiger charge is 2.18. The van der Waals surface area contributed by atoms with Gasteiger partial charge in [0.25, 0.3) is 0 Å². The number of nitrogens with one attached hydrogen (secondary N) is 1. The number of benzene rings is 1. The van der Waals surface area contributed by atoms with Gasteiger partial charge in [-0.2, -0.15) is 0 Å². The number of rotatable bonds is 8. The van der Waals surface area contributed by atoms with Gasteiger partial charge in [-0.25, -0.2) is 0 Å². The van der Waals surface area contributed by atoms with E-state index in [2.05, 4.69) is 47.5 Å². The van der Waals surface area contributed by atoms with E-state index in [0.29, 0.717) is 0 Å². The van der Waals surface area contributed by atoms with Gasteiger partial charge in [0.05, 0.1) is 0 Å². The number of nitrogens with zero attached hydrogens (tertiary/aromatic N) is 1. The Labute approximate surface area is 124 Å². The Balaban J connectivity index is 1.59. The van der Waals surface area contributed by atoms with Crippen molar-refractivity contribution in [1.29, 1.82) is 0 Å². The molecule has 1 N–H and O–H groups in total. The molecule has 0 amide bonds. The highest BCUT2D eigenvalue weighted by molar-refractivity contribution is 5.14. The van der Waals surface area contributed by atoms with Crippen molar-refractivity contribution in [2.24, 2.45) is 0 Å². The highest BCUT2D eigenvalue weighted by atomic mass is 15.2. The van der Waals surface area contributed by atoms with Gasteiger partial charge in [0.1, 0.15) is 0 Å².